The molecule has 0 aromatic carbocycles. The van der Waals surface area contributed by atoms with E-state index in [0.717, 1.165) is 18.0 Å². The Labute approximate surface area is 95.2 Å². The molecule has 1 saturated carbocycles. The third-order valence-electron chi connectivity index (χ3n) is 4.37. The van der Waals surface area contributed by atoms with Crippen molar-refractivity contribution in [1.82, 2.24) is 4.90 Å². The van der Waals surface area contributed by atoms with Crippen molar-refractivity contribution in [1.29, 1.82) is 0 Å². The van der Waals surface area contributed by atoms with Gasteiger partial charge < -0.3 is 0 Å². The fourth-order valence-corrected chi connectivity index (χ4v) is 3.56. The predicted molar refractivity (Wildman–Crippen MR) is 66.0 cm³/mol. The van der Waals surface area contributed by atoms with E-state index in [2.05, 4.69) is 46.4 Å². The van der Waals surface area contributed by atoms with Crippen LogP contribution in [0, 0.1) is 11.3 Å². The molecular weight excluding hydrogens is 182 g/mol. The molecule has 88 valence electrons. The predicted octanol–water partition coefficient (Wildman–Crippen LogP) is 3.68. The van der Waals surface area contributed by atoms with Crippen molar-refractivity contribution in [3.63, 3.8) is 0 Å². The zero-order valence-electron chi connectivity index (χ0n) is 11.3. The normalized spacial score (nSPS) is 37.6. The van der Waals surface area contributed by atoms with Gasteiger partial charge in [0.1, 0.15) is 0 Å². The van der Waals surface area contributed by atoms with Gasteiger partial charge in [-0.05, 0) is 51.4 Å². The van der Waals surface area contributed by atoms with Crippen molar-refractivity contribution >= 4 is 0 Å². The fraction of sp³-hybridized carbons (Fsp3) is 1.00. The minimum absolute atomic E-state index is 0.345. The topological polar surface area (TPSA) is 3.24 Å². The Morgan fingerprint density at radius 2 is 1.53 bits per heavy atom. The number of hydrogen-bond donors (Lipinski definition) is 0. The Morgan fingerprint density at radius 3 is 1.87 bits per heavy atom. The second kappa shape index (κ2) is 3.23. The average Bonchev–Trinajstić information content (AvgIpc) is 2.20. The number of nitrogens with zero attached hydrogens (tertiary/aromatic N) is 1. The van der Waals surface area contributed by atoms with Crippen molar-refractivity contribution in [2.75, 3.05) is 0 Å². The van der Waals surface area contributed by atoms with E-state index in [4.69, 9.17) is 0 Å². The highest BCUT2D eigenvalue weighted by Gasteiger charge is 2.52. The first-order chi connectivity index (χ1) is 6.71. The third-order valence-corrected chi connectivity index (χ3v) is 4.37. The molecule has 2 rings (SSSR count). The van der Waals surface area contributed by atoms with Crippen LogP contribution in [0.2, 0.25) is 0 Å². The maximum absolute atomic E-state index is 2.82. The van der Waals surface area contributed by atoms with Crippen LogP contribution in [0.15, 0.2) is 0 Å². The van der Waals surface area contributed by atoms with Gasteiger partial charge in [-0.1, -0.05) is 20.8 Å². The van der Waals surface area contributed by atoms with Gasteiger partial charge in [-0.15, -0.1) is 0 Å². The van der Waals surface area contributed by atoms with Crippen LogP contribution in [0.1, 0.15) is 60.8 Å². The summed E-state index contributed by atoms with van der Waals surface area (Å²) in [6.07, 6.45) is 4.35. The van der Waals surface area contributed by atoms with E-state index in [1.54, 1.807) is 0 Å². The molecule has 0 N–H and O–H groups in total. The molecule has 15 heavy (non-hydrogen) atoms. The lowest BCUT2D eigenvalue weighted by Crippen LogP contribution is -2.55. The van der Waals surface area contributed by atoms with Crippen LogP contribution in [0.3, 0.4) is 0 Å². The largest absolute Gasteiger partial charge is 0.292 e. The zero-order chi connectivity index (χ0) is 11.4. The maximum Gasteiger partial charge on any atom is 0.0155 e. The molecule has 1 nitrogen and oxygen atoms in total. The van der Waals surface area contributed by atoms with E-state index < -0.39 is 0 Å². The summed E-state index contributed by atoms with van der Waals surface area (Å²) in [7, 11) is 0. The number of hydrogen-bond acceptors (Lipinski definition) is 1. The van der Waals surface area contributed by atoms with Crippen molar-refractivity contribution < 1.29 is 0 Å². The highest BCUT2D eigenvalue weighted by Crippen LogP contribution is 2.51. The second-order valence-electron chi connectivity index (χ2n) is 7.60. The third kappa shape index (κ3) is 1.84. The van der Waals surface area contributed by atoms with Crippen molar-refractivity contribution in [2.24, 2.45) is 11.3 Å². The smallest absolute Gasteiger partial charge is 0.0155 e. The average molecular weight is 209 g/mol. The van der Waals surface area contributed by atoms with E-state index in [0.29, 0.717) is 11.0 Å². The lowest BCUT2D eigenvalue weighted by Gasteiger charge is -2.48. The molecule has 1 heterocycles. The first kappa shape index (κ1) is 11.4. The lowest BCUT2D eigenvalue weighted by atomic mass is 9.77. The molecule has 0 bridgehead atoms. The Bertz CT molecular complexity index is 243. The molecule has 1 aliphatic heterocycles. The molecular formula is C14H27N. The van der Waals surface area contributed by atoms with Crippen LogP contribution < -0.4 is 0 Å². The fourth-order valence-electron chi connectivity index (χ4n) is 3.56. The summed E-state index contributed by atoms with van der Waals surface area (Å²) >= 11 is 0. The molecule has 0 amide bonds. The van der Waals surface area contributed by atoms with E-state index >= 15 is 0 Å². The summed E-state index contributed by atoms with van der Waals surface area (Å²) in [5.74, 6) is 1.01. The van der Waals surface area contributed by atoms with Crippen LogP contribution in [-0.2, 0) is 0 Å². The number of likely N-dealkylation sites (tertiary alicyclic amines) is 1. The minimum Gasteiger partial charge on any atom is -0.292 e. The molecule has 0 radical (unpaired) electrons. The summed E-state index contributed by atoms with van der Waals surface area (Å²) in [5, 5.41) is 0. The monoisotopic (exact) mass is 209 g/mol. The summed E-state index contributed by atoms with van der Waals surface area (Å²) in [4.78, 5) is 2.82. The van der Waals surface area contributed by atoms with Crippen LogP contribution in [0.25, 0.3) is 0 Å². The molecule has 1 saturated heterocycles. The van der Waals surface area contributed by atoms with Gasteiger partial charge in [0, 0.05) is 17.6 Å². The van der Waals surface area contributed by atoms with Gasteiger partial charge in [0.15, 0.2) is 0 Å². The van der Waals surface area contributed by atoms with Gasteiger partial charge in [-0.2, -0.15) is 0 Å². The van der Waals surface area contributed by atoms with Gasteiger partial charge in [0.05, 0.1) is 0 Å². The SMILES string of the molecule is CC(C)(C)C1CC2CCC2N1C(C)(C)C. The molecule has 2 fully saturated rings. The summed E-state index contributed by atoms with van der Waals surface area (Å²) in [5.41, 5.74) is 0.780. The van der Waals surface area contributed by atoms with Gasteiger partial charge in [0.2, 0.25) is 0 Å². The molecule has 2 aliphatic rings. The number of fused-ring (bicyclic) bond motifs is 1. The van der Waals surface area contributed by atoms with E-state index in [1.165, 1.54) is 19.3 Å². The van der Waals surface area contributed by atoms with Gasteiger partial charge in [-0.25, -0.2) is 0 Å². The Balaban J connectivity index is 2.24. The highest BCUT2D eigenvalue weighted by molar-refractivity contribution is 5.06. The van der Waals surface area contributed by atoms with E-state index in [9.17, 15) is 0 Å². The highest BCUT2D eigenvalue weighted by atomic mass is 15.3. The van der Waals surface area contributed by atoms with Crippen LogP contribution in [0.4, 0.5) is 0 Å². The number of rotatable bonds is 0. The Morgan fingerprint density at radius 1 is 0.933 bits per heavy atom. The van der Waals surface area contributed by atoms with Crippen LogP contribution in [-0.4, -0.2) is 22.5 Å². The zero-order valence-corrected chi connectivity index (χ0v) is 11.3. The summed E-state index contributed by atoms with van der Waals surface area (Å²) in [6, 6.07) is 1.68. The van der Waals surface area contributed by atoms with Crippen molar-refractivity contribution in [3.05, 3.63) is 0 Å². The molecule has 3 unspecified atom stereocenters. The first-order valence-electron chi connectivity index (χ1n) is 6.50. The van der Waals surface area contributed by atoms with Crippen LogP contribution >= 0.6 is 0 Å². The first-order valence-corrected chi connectivity index (χ1v) is 6.50. The molecule has 1 aliphatic carbocycles. The van der Waals surface area contributed by atoms with Crippen LogP contribution in [0.5, 0.6) is 0 Å². The standard InChI is InChI=1S/C14H27N/c1-13(2,3)12-9-10-7-8-11(10)15(12)14(4,5)6/h10-12H,7-9H2,1-6H3. The van der Waals surface area contributed by atoms with Gasteiger partial charge in [-0.3, -0.25) is 4.90 Å². The van der Waals surface area contributed by atoms with Gasteiger partial charge in [0.25, 0.3) is 0 Å². The Hall–Kier alpha value is -0.0400. The molecule has 3 atom stereocenters. The molecule has 0 spiro atoms. The van der Waals surface area contributed by atoms with Crippen molar-refractivity contribution in [2.45, 2.75) is 78.4 Å². The van der Waals surface area contributed by atoms with Gasteiger partial charge >= 0.3 is 0 Å². The summed E-state index contributed by atoms with van der Waals surface area (Å²) in [6.45, 7) is 14.4. The Kier molecular flexibility index (Phi) is 2.46. The molecule has 1 heteroatoms. The molecule has 0 aromatic rings. The lowest BCUT2D eigenvalue weighted by molar-refractivity contribution is 0.00166. The minimum atomic E-state index is 0.345. The van der Waals surface area contributed by atoms with Crippen molar-refractivity contribution in [3.8, 4) is 0 Å². The van der Waals surface area contributed by atoms with E-state index in [1.807, 2.05) is 0 Å². The summed E-state index contributed by atoms with van der Waals surface area (Å²) < 4.78 is 0. The quantitative estimate of drug-likeness (QED) is 0.588. The maximum atomic E-state index is 2.82. The second-order valence-corrected chi connectivity index (χ2v) is 7.60. The van der Waals surface area contributed by atoms with E-state index in [-0.39, 0.29) is 0 Å². The molecule has 0 aromatic heterocycles.